The summed E-state index contributed by atoms with van der Waals surface area (Å²) in [6, 6.07) is 6.30. The molecule has 1 aromatic rings. The van der Waals surface area contributed by atoms with E-state index in [9.17, 15) is 9.18 Å². The molecule has 0 saturated carbocycles. The highest BCUT2D eigenvalue weighted by atomic mass is 19.1. The van der Waals surface area contributed by atoms with Crippen LogP contribution in [0.25, 0.3) is 0 Å². The van der Waals surface area contributed by atoms with Crippen molar-refractivity contribution in [2.24, 2.45) is 4.99 Å². The SMILES string of the molecule is CC(C)OC(=O)NC1=NCC(c2cccc(F)c2)N1C. The number of ether oxygens (including phenoxy) is 1. The van der Waals surface area contributed by atoms with Gasteiger partial charge in [-0.25, -0.2) is 9.18 Å². The zero-order valence-corrected chi connectivity index (χ0v) is 11.8. The van der Waals surface area contributed by atoms with Gasteiger partial charge in [-0.1, -0.05) is 12.1 Å². The number of aliphatic imine (C=N–C) groups is 1. The van der Waals surface area contributed by atoms with Crippen molar-refractivity contribution in [1.29, 1.82) is 0 Å². The van der Waals surface area contributed by atoms with E-state index in [1.54, 1.807) is 31.9 Å². The van der Waals surface area contributed by atoms with Gasteiger partial charge in [-0.15, -0.1) is 0 Å². The minimum atomic E-state index is -0.537. The molecule has 0 aromatic heterocycles. The highest BCUT2D eigenvalue weighted by Gasteiger charge is 2.27. The van der Waals surface area contributed by atoms with Gasteiger partial charge in [0.1, 0.15) is 5.82 Å². The van der Waals surface area contributed by atoms with Gasteiger partial charge in [0.05, 0.1) is 18.7 Å². The number of likely N-dealkylation sites (N-methyl/N-ethyl adjacent to an activating group) is 1. The van der Waals surface area contributed by atoms with E-state index in [1.165, 1.54) is 12.1 Å². The smallest absolute Gasteiger partial charge is 0.414 e. The molecule has 108 valence electrons. The molecule has 1 heterocycles. The van der Waals surface area contributed by atoms with Crippen LogP contribution in [0.3, 0.4) is 0 Å². The number of alkyl carbamates (subject to hydrolysis) is 1. The Balaban J connectivity index is 2.01. The van der Waals surface area contributed by atoms with Crippen molar-refractivity contribution in [1.82, 2.24) is 10.2 Å². The summed E-state index contributed by atoms with van der Waals surface area (Å²) in [5, 5.41) is 2.60. The van der Waals surface area contributed by atoms with Crippen LogP contribution in [0.4, 0.5) is 9.18 Å². The van der Waals surface area contributed by atoms with Crippen LogP contribution in [0.15, 0.2) is 29.3 Å². The predicted octanol–water partition coefficient (Wildman–Crippen LogP) is 2.30. The first-order valence-corrected chi connectivity index (χ1v) is 6.47. The molecule has 1 unspecified atom stereocenters. The van der Waals surface area contributed by atoms with Crippen molar-refractivity contribution in [3.63, 3.8) is 0 Å². The maximum atomic E-state index is 13.3. The number of benzene rings is 1. The molecule has 1 aromatic carbocycles. The number of nitrogens with one attached hydrogen (secondary N) is 1. The molecule has 5 nitrogen and oxygen atoms in total. The largest absolute Gasteiger partial charge is 0.447 e. The third-order valence-corrected chi connectivity index (χ3v) is 3.01. The Bertz CT molecular complexity index is 531. The van der Waals surface area contributed by atoms with Crippen LogP contribution >= 0.6 is 0 Å². The van der Waals surface area contributed by atoms with Crippen LogP contribution < -0.4 is 5.32 Å². The van der Waals surface area contributed by atoms with E-state index < -0.39 is 6.09 Å². The Labute approximate surface area is 117 Å². The lowest BCUT2D eigenvalue weighted by Crippen LogP contribution is -2.41. The maximum Gasteiger partial charge on any atom is 0.414 e. The quantitative estimate of drug-likeness (QED) is 0.903. The summed E-state index contributed by atoms with van der Waals surface area (Å²) in [6.45, 7) is 4.02. The number of carbonyl (C=O) groups is 1. The lowest BCUT2D eigenvalue weighted by atomic mass is 10.1. The molecule has 1 aliphatic rings. The lowest BCUT2D eigenvalue weighted by molar-refractivity contribution is 0.119. The number of carbonyl (C=O) groups excluding carboxylic acids is 1. The summed E-state index contributed by atoms with van der Waals surface area (Å²) in [5.41, 5.74) is 0.824. The number of rotatable bonds is 2. The monoisotopic (exact) mass is 279 g/mol. The van der Waals surface area contributed by atoms with Crippen LogP contribution in [0.5, 0.6) is 0 Å². The summed E-state index contributed by atoms with van der Waals surface area (Å²) in [6.07, 6.45) is -0.730. The van der Waals surface area contributed by atoms with Crippen LogP contribution in [-0.2, 0) is 4.74 Å². The van der Waals surface area contributed by atoms with Crippen molar-refractivity contribution < 1.29 is 13.9 Å². The molecule has 0 bridgehead atoms. The molecule has 20 heavy (non-hydrogen) atoms. The van der Waals surface area contributed by atoms with Gasteiger partial charge in [-0.05, 0) is 31.5 Å². The zero-order valence-electron chi connectivity index (χ0n) is 11.8. The standard InChI is InChI=1S/C14H18FN3O2/c1-9(2)20-14(19)17-13-16-8-12(18(13)3)10-5-4-6-11(15)7-10/h4-7,9,12H,8H2,1-3H3,(H,16,17,19). The van der Waals surface area contributed by atoms with Crippen LogP contribution in [0.2, 0.25) is 0 Å². The van der Waals surface area contributed by atoms with Crippen LogP contribution in [0, 0.1) is 5.82 Å². The highest BCUT2D eigenvalue weighted by molar-refractivity contribution is 5.95. The molecule has 2 rings (SSSR count). The minimum Gasteiger partial charge on any atom is -0.447 e. The molecule has 6 heteroatoms. The molecule has 1 N–H and O–H groups in total. The Morgan fingerprint density at radius 1 is 1.55 bits per heavy atom. The summed E-state index contributed by atoms with van der Waals surface area (Å²) in [7, 11) is 1.80. The molecule has 0 radical (unpaired) electrons. The maximum absolute atomic E-state index is 13.3. The predicted molar refractivity (Wildman–Crippen MR) is 74.0 cm³/mol. The van der Waals surface area contributed by atoms with E-state index in [4.69, 9.17) is 4.74 Å². The second kappa shape index (κ2) is 5.90. The van der Waals surface area contributed by atoms with Crippen LogP contribution in [0.1, 0.15) is 25.5 Å². The molecular formula is C14H18FN3O2. The average Bonchev–Trinajstić information content (AvgIpc) is 2.70. The molecule has 1 atom stereocenters. The fourth-order valence-corrected chi connectivity index (χ4v) is 2.06. The fourth-order valence-electron chi connectivity index (χ4n) is 2.06. The average molecular weight is 279 g/mol. The topological polar surface area (TPSA) is 53.9 Å². The molecule has 0 aliphatic carbocycles. The van der Waals surface area contributed by atoms with E-state index in [-0.39, 0.29) is 18.0 Å². The number of nitrogens with zero attached hydrogens (tertiary/aromatic N) is 2. The third kappa shape index (κ3) is 3.26. The Morgan fingerprint density at radius 2 is 2.30 bits per heavy atom. The lowest BCUT2D eigenvalue weighted by Gasteiger charge is -2.23. The summed E-state index contributed by atoms with van der Waals surface area (Å²) in [4.78, 5) is 17.6. The summed E-state index contributed by atoms with van der Waals surface area (Å²) < 4.78 is 18.3. The Morgan fingerprint density at radius 3 is 2.95 bits per heavy atom. The minimum absolute atomic E-state index is 0.0833. The molecule has 0 fully saturated rings. The summed E-state index contributed by atoms with van der Waals surface area (Å²) in [5.74, 6) is 0.154. The fraction of sp³-hybridized carbons (Fsp3) is 0.429. The zero-order chi connectivity index (χ0) is 14.7. The van der Waals surface area contributed by atoms with Gasteiger partial charge >= 0.3 is 6.09 Å². The van der Waals surface area contributed by atoms with Crippen LogP contribution in [-0.4, -0.2) is 36.6 Å². The van der Waals surface area contributed by atoms with E-state index in [0.717, 1.165) is 5.56 Å². The number of amides is 1. The molecule has 1 amide bonds. The van der Waals surface area contributed by atoms with Gasteiger partial charge in [0, 0.05) is 7.05 Å². The van der Waals surface area contributed by atoms with Gasteiger partial charge in [0.25, 0.3) is 0 Å². The van der Waals surface area contributed by atoms with Crippen molar-refractivity contribution in [3.8, 4) is 0 Å². The number of hydrogen-bond acceptors (Lipinski definition) is 4. The molecule has 0 saturated heterocycles. The Kier molecular flexibility index (Phi) is 4.22. The molecular weight excluding hydrogens is 261 g/mol. The van der Waals surface area contributed by atoms with Gasteiger partial charge in [0.15, 0.2) is 0 Å². The first-order valence-electron chi connectivity index (χ1n) is 6.47. The highest BCUT2D eigenvalue weighted by Crippen LogP contribution is 2.24. The van der Waals surface area contributed by atoms with Gasteiger partial charge in [-0.2, -0.15) is 0 Å². The van der Waals surface area contributed by atoms with E-state index in [0.29, 0.717) is 12.5 Å². The normalized spacial score (nSPS) is 18.1. The van der Waals surface area contributed by atoms with Gasteiger partial charge < -0.3 is 9.64 Å². The first kappa shape index (κ1) is 14.3. The van der Waals surface area contributed by atoms with Gasteiger partial charge in [-0.3, -0.25) is 10.3 Å². The van der Waals surface area contributed by atoms with Crippen molar-refractivity contribution in [2.45, 2.75) is 26.0 Å². The van der Waals surface area contributed by atoms with E-state index >= 15 is 0 Å². The number of guanidine groups is 1. The molecule has 0 spiro atoms. The van der Waals surface area contributed by atoms with E-state index in [1.807, 2.05) is 6.07 Å². The van der Waals surface area contributed by atoms with Crippen molar-refractivity contribution in [3.05, 3.63) is 35.6 Å². The number of halogens is 1. The Hall–Kier alpha value is -2.11. The van der Waals surface area contributed by atoms with Gasteiger partial charge in [0.2, 0.25) is 5.96 Å². The second-order valence-electron chi connectivity index (χ2n) is 4.93. The van der Waals surface area contributed by atoms with E-state index in [2.05, 4.69) is 10.3 Å². The first-order chi connectivity index (χ1) is 9.47. The molecule has 1 aliphatic heterocycles. The second-order valence-corrected chi connectivity index (χ2v) is 4.93. The number of hydrogen-bond donors (Lipinski definition) is 1. The summed E-state index contributed by atoms with van der Waals surface area (Å²) >= 11 is 0. The van der Waals surface area contributed by atoms with Crippen molar-refractivity contribution >= 4 is 12.1 Å². The van der Waals surface area contributed by atoms with Crippen molar-refractivity contribution in [2.75, 3.05) is 13.6 Å². The third-order valence-electron chi connectivity index (χ3n) is 3.01.